The van der Waals surface area contributed by atoms with Crippen LogP contribution in [0.25, 0.3) is 10.8 Å². The normalized spacial score (nSPS) is 18.8. The van der Waals surface area contributed by atoms with Crippen LogP contribution in [0.2, 0.25) is 0 Å². The quantitative estimate of drug-likeness (QED) is 0.674. The van der Waals surface area contributed by atoms with Gasteiger partial charge < -0.3 is 19.7 Å². The van der Waals surface area contributed by atoms with E-state index in [0.29, 0.717) is 30.2 Å². The van der Waals surface area contributed by atoms with Crippen LogP contribution in [0.5, 0.6) is 5.88 Å². The van der Waals surface area contributed by atoms with Gasteiger partial charge in [0.05, 0.1) is 25.0 Å². The number of ether oxygens (including phenoxy) is 2. The van der Waals surface area contributed by atoms with Crippen LogP contribution in [0.15, 0.2) is 48.5 Å². The number of pyridine rings is 1. The summed E-state index contributed by atoms with van der Waals surface area (Å²) in [6.07, 6.45) is 0.0992. The van der Waals surface area contributed by atoms with E-state index in [4.69, 9.17) is 9.47 Å². The molecule has 0 spiro atoms. The van der Waals surface area contributed by atoms with E-state index in [1.54, 1.807) is 12.1 Å². The number of hydrogen-bond donors (Lipinski definition) is 1. The molecule has 162 valence electrons. The molecule has 2 unspecified atom stereocenters. The molecule has 2 heterocycles. The minimum absolute atomic E-state index is 0.0496. The summed E-state index contributed by atoms with van der Waals surface area (Å²) in [7, 11) is 1.52. The number of anilines is 1. The number of carbonyl (C=O) groups excluding carboxylic acids is 1. The highest BCUT2D eigenvalue weighted by molar-refractivity contribution is 5.98. The predicted molar refractivity (Wildman–Crippen MR) is 118 cm³/mol. The Hall–Kier alpha value is -3.19. The number of amides is 1. The fraction of sp³-hybridized carbons (Fsp3) is 0.333. The molecule has 1 aliphatic heterocycles. The van der Waals surface area contributed by atoms with Gasteiger partial charge in [-0.25, -0.2) is 9.37 Å². The lowest BCUT2D eigenvalue weighted by molar-refractivity contribution is -0.00539. The largest absolute Gasteiger partial charge is 0.481 e. The third-order valence-corrected chi connectivity index (χ3v) is 5.36. The van der Waals surface area contributed by atoms with Crippen molar-refractivity contribution in [1.29, 1.82) is 0 Å². The molecular weight excluding hydrogens is 397 g/mol. The van der Waals surface area contributed by atoms with Gasteiger partial charge in [-0.1, -0.05) is 24.3 Å². The molecule has 4 rings (SSSR count). The van der Waals surface area contributed by atoms with Crippen molar-refractivity contribution in [2.24, 2.45) is 0 Å². The van der Waals surface area contributed by atoms with Crippen LogP contribution in [-0.4, -0.2) is 43.3 Å². The minimum atomic E-state index is -0.343. The maximum atomic E-state index is 14.8. The SMILES string of the molecule is COc1nc(C(=O)NCc2ccc(N3CC(C)OC(C)C3)c(F)c2)cc2ccccc12. The highest BCUT2D eigenvalue weighted by atomic mass is 19.1. The molecule has 6 nitrogen and oxygen atoms in total. The van der Waals surface area contributed by atoms with E-state index < -0.39 is 0 Å². The Morgan fingerprint density at radius 3 is 2.65 bits per heavy atom. The number of carbonyl (C=O) groups is 1. The van der Waals surface area contributed by atoms with E-state index in [1.165, 1.54) is 13.2 Å². The highest BCUT2D eigenvalue weighted by Gasteiger charge is 2.24. The number of hydrogen-bond acceptors (Lipinski definition) is 5. The van der Waals surface area contributed by atoms with Gasteiger partial charge in [0.1, 0.15) is 11.5 Å². The number of nitrogens with one attached hydrogen (secondary N) is 1. The summed E-state index contributed by atoms with van der Waals surface area (Å²) in [5.41, 5.74) is 1.48. The van der Waals surface area contributed by atoms with Crippen LogP contribution in [0.4, 0.5) is 10.1 Å². The van der Waals surface area contributed by atoms with E-state index in [0.717, 1.165) is 10.8 Å². The van der Waals surface area contributed by atoms with Gasteiger partial charge in [0.25, 0.3) is 5.91 Å². The van der Waals surface area contributed by atoms with Gasteiger partial charge in [-0.15, -0.1) is 0 Å². The molecule has 2 aromatic carbocycles. The second-order valence-electron chi connectivity index (χ2n) is 7.87. The number of halogens is 1. The highest BCUT2D eigenvalue weighted by Crippen LogP contribution is 2.26. The average Bonchev–Trinajstić information content (AvgIpc) is 2.76. The molecule has 0 bridgehead atoms. The summed E-state index contributed by atoms with van der Waals surface area (Å²) in [6.45, 7) is 5.46. The molecule has 31 heavy (non-hydrogen) atoms. The Morgan fingerprint density at radius 2 is 1.94 bits per heavy atom. The number of benzene rings is 2. The Labute approximate surface area is 181 Å². The zero-order chi connectivity index (χ0) is 22.0. The number of nitrogens with zero attached hydrogens (tertiary/aromatic N) is 2. The number of morpholine rings is 1. The van der Waals surface area contributed by atoms with Crippen molar-refractivity contribution in [3.8, 4) is 5.88 Å². The predicted octanol–water partition coefficient (Wildman–Crippen LogP) is 3.93. The van der Waals surface area contributed by atoms with Gasteiger partial charge in [-0.3, -0.25) is 4.79 Å². The van der Waals surface area contributed by atoms with Crippen molar-refractivity contribution in [2.45, 2.75) is 32.6 Å². The van der Waals surface area contributed by atoms with Gasteiger partial charge in [0.15, 0.2) is 0 Å². The molecule has 1 N–H and O–H groups in total. The van der Waals surface area contributed by atoms with Crippen LogP contribution in [0.1, 0.15) is 29.9 Å². The van der Waals surface area contributed by atoms with Crippen molar-refractivity contribution in [3.63, 3.8) is 0 Å². The second kappa shape index (κ2) is 8.89. The first-order valence-electron chi connectivity index (χ1n) is 10.4. The third kappa shape index (κ3) is 4.61. The van der Waals surface area contributed by atoms with Crippen molar-refractivity contribution >= 4 is 22.4 Å². The number of rotatable bonds is 5. The Kier molecular flexibility index (Phi) is 6.04. The van der Waals surface area contributed by atoms with Gasteiger partial charge in [-0.2, -0.15) is 0 Å². The van der Waals surface area contributed by atoms with Crippen molar-refractivity contribution in [2.75, 3.05) is 25.1 Å². The molecule has 1 amide bonds. The maximum absolute atomic E-state index is 14.8. The standard InChI is InChI=1S/C24H26FN3O3/c1-15-13-28(14-16(2)31-15)22-9-8-17(10-20(22)25)12-26-23(29)21-11-18-6-4-5-7-19(18)24(27-21)30-3/h4-11,15-16H,12-14H2,1-3H3,(H,26,29). The summed E-state index contributed by atoms with van der Waals surface area (Å²) < 4.78 is 25.8. The van der Waals surface area contributed by atoms with E-state index in [9.17, 15) is 9.18 Å². The first kappa shape index (κ1) is 21.1. The van der Waals surface area contributed by atoms with E-state index >= 15 is 0 Å². The average molecular weight is 423 g/mol. The van der Waals surface area contributed by atoms with Gasteiger partial charge in [0, 0.05) is 25.0 Å². The summed E-state index contributed by atoms with van der Waals surface area (Å²) >= 11 is 0. The number of aromatic nitrogens is 1. The van der Waals surface area contributed by atoms with Crippen LogP contribution in [0, 0.1) is 5.82 Å². The molecule has 1 fully saturated rings. The Morgan fingerprint density at radius 1 is 1.19 bits per heavy atom. The number of fused-ring (bicyclic) bond motifs is 1. The fourth-order valence-electron chi connectivity index (χ4n) is 4.00. The van der Waals surface area contributed by atoms with Gasteiger partial charge in [0.2, 0.25) is 5.88 Å². The zero-order valence-corrected chi connectivity index (χ0v) is 17.9. The van der Waals surface area contributed by atoms with E-state index in [1.807, 2.05) is 49.1 Å². The van der Waals surface area contributed by atoms with Gasteiger partial charge in [-0.05, 0) is 49.1 Å². The maximum Gasteiger partial charge on any atom is 0.270 e. The molecule has 3 aromatic rings. The Balaban J connectivity index is 1.46. The smallest absolute Gasteiger partial charge is 0.270 e. The molecule has 0 aliphatic carbocycles. The summed E-state index contributed by atoms with van der Waals surface area (Å²) in [6, 6.07) is 14.4. The molecule has 0 saturated carbocycles. The topological polar surface area (TPSA) is 63.7 Å². The van der Waals surface area contributed by atoms with E-state index in [2.05, 4.69) is 10.3 Å². The van der Waals surface area contributed by atoms with Crippen LogP contribution >= 0.6 is 0 Å². The molecule has 1 aromatic heterocycles. The Bertz CT molecular complexity index is 1090. The van der Waals surface area contributed by atoms with Crippen LogP contribution in [-0.2, 0) is 11.3 Å². The summed E-state index contributed by atoms with van der Waals surface area (Å²) in [4.78, 5) is 19.0. The summed E-state index contributed by atoms with van der Waals surface area (Å²) in [5, 5.41) is 4.52. The molecule has 1 saturated heterocycles. The summed E-state index contributed by atoms with van der Waals surface area (Å²) in [5.74, 6) is -0.254. The van der Waals surface area contributed by atoms with Crippen molar-refractivity contribution in [3.05, 3.63) is 65.6 Å². The van der Waals surface area contributed by atoms with Crippen molar-refractivity contribution in [1.82, 2.24) is 10.3 Å². The van der Waals surface area contributed by atoms with Crippen molar-refractivity contribution < 1.29 is 18.7 Å². The molecule has 0 radical (unpaired) electrons. The molecular formula is C24H26FN3O3. The minimum Gasteiger partial charge on any atom is -0.481 e. The lowest BCUT2D eigenvalue weighted by Gasteiger charge is -2.37. The van der Waals surface area contributed by atoms with Crippen LogP contribution < -0.4 is 15.0 Å². The lowest BCUT2D eigenvalue weighted by atomic mass is 10.1. The third-order valence-electron chi connectivity index (χ3n) is 5.36. The fourth-order valence-corrected chi connectivity index (χ4v) is 4.00. The molecule has 7 heteroatoms. The van der Waals surface area contributed by atoms with Gasteiger partial charge >= 0.3 is 0 Å². The first-order chi connectivity index (χ1) is 14.9. The number of methoxy groups -OCH3 is 1. The lowest BCUT2D eigenvalue weighted by Crippen LogP contribution is -2.45. The van der Waals surface area contributed by atoms with E-state index in [-0.39, 0.29) is 36.2 Å². The van der Waals surface area contributed by atoms with Crippen LogP contribution in [0.3, 0.4) is 0 Å². The first-order valence-corrected chi connectivity index (χ1v) is 10.4. The molecule has 2 atom stereocenters. The zero-order valence-electron chi connectivity index (χ0n) is 17.9. The second-order valence-corrected chi connectivity index (χ2v) is 7.87. The monoisotopic (exact) mass is 423 g/mol. The molecule has 1 aliphatic rings.